The molecular weight excluding hydrogens is 292 g/mol. The molecule has 23 heavy (non-hydrogen) atoms. The van der Waals surface area contributed by atoms with Gasteiger partial charge in [-0.15, -0.1) is 0 Å². The minimum absolute atomic E-state index is 0.0300. The van der Waals surface area contributed by atoms with Crippen molar-refractivity contribution in [2.24, 2.45) is 5.92 Å². The Morgan fingerprint density at radius 1 is 1.22 bits per heavy atom. The second kappa shape index (κ2) is 6.69. The lowest BCUT2D eigenvalue weighted by atomic mass is 9.96. The van der Waals surface area contributed by atoms with E-state index in [-0.39, 0.29) is 17.7 Å². The molecule has 1 N–H and O–H groups in total. The molecule has 2 aromatic rings. The fourth-order valence-corrected chi connectivity index (χ4v) is 2.92. The van der Waals surface area contributed by atoms with Crippen LogP contribution in [0.25, 0.3) is 0 Å². The molecule has 2 heterocycles. The summed E-state index contributed by atoms with van der Waals surface area (Å²) in [7, 11) is 0. The number of rotatable bonds is 3. The minimum atomic E-state index is -0.180. The summed E-state index contributed by atoms with van der Waals surface area (Å²) in [6.45, 7) is 2.90. The Labute approximate surface area is 135 Å². The molecule has 1 aliphatic rings. The zero-order valence-electron chi connectivity index (χ0n) is 13.1. The zero-order valence-corrected chi connectivity index (χ0v) is 13.1. The van der Waals surface area contributed by atoms with Gasteiger partial charge in [-0.25, -0.2) is 0 Å². The van der Waals surface area contributed by atoms with Gasteiger partial charge in [-0.1, -0.05) is 18.2 Å². The van der Waals surface area contributed by atoms with Crippen LogP contribution in [0, 0.1) is 12.8 Å². The van der Waals surface area contributed by atoms with E-state index in [2.05, 4.69) is 5.32 Å². The van der Waals surface area contributed by atoms with Crippen LogP contribution < -0.4 is 5.32 Å². The van der Waals surface area contributed by atoms with Gasteiger partial charge in [0.2, 0.25) is 5.91 Å². The van der Waals surface area contributed by atoms with E-state index in [0.717, 1.165) is 18.5 Å². The third kappa shape index (κ3) is 3.44. The molecule has 1 atom stereocenters. The highest BCUT2D eigenvalue weighted by molar-refractivity contribution is 5.96. The first kappa shape index (κ1) is 15.3. The molecule has 120 valence electrons. The number of anilines is 1. The molecule has 1 aliphatic heterocycles. The predicted octanol–water partition coefficient (Wildman–Crippen LogP) is 3.08. The first-order valence-electron chi connectivity index (χ1n) is 7.84. The lowest BCUT2D eigenvalue weighted by Crippen LogP contribution is -2.43. The third-order valence-corrected chi connectivity index (χ3v) is 4.21. The average molecular weight is 312 g/mol. The van der Waals surface area contributed by atoms with Gasteiger partial charge < -0.3 is 14.6 Å². The number of carbonyl (C=O) groups excluding carboxylic acids is 2. The summed E-state index contributed by atoms with van der Waals surface area (Å²) < 4.78 is 5.20. The van der Waals surface area contributed by atoms with E-state index < -0.39 is 0 Å². The fourth-order valence-electron chi connectivity index (χ4n) is 2.92. The van der Waals surface area contributed by atoms with Gasteiger partial charge in [-0.05, 0) is 38.0 Å². The van der Waals surface area contributed by atoms with E-state index in [1.807, 2.05) is 30.3 Å². The summed E-state index contributed by atoms with van der Waals surface area (Å²) in [5, 5.41) is 2.92. The number of carbonyl (C=O) groups is 2. The topological polar surface area (TPSA) is 62.6 Å². The van der Waals surface area contributed by atoms with Gasteiger partial charge in [0, 0.05) is 18.8 Å². The van der Waals surface area contributed by atoms with Crippen molar-refractivity contribution >= 4 is 17.5 Å². The van der Waals surface area contributed by atoms with Gasteiger partial charge in [-0.2, -0.15) is 0 Å². The van der Waals surface area contributed by atoms with Crippen molar-refractivity contribution in [3.8, 4) is 0 Å². The standard InChI is InChI=1S/C18H20N2O3/c1-13-16(9-11-23-13)18(22)20-10-5-6-14(12-20)17(21)19-15-7-3-2-4-8-15/h2-4,7-9,11,14H,5-6,10,12H2,1H3,(H,19,21). The monoisotopic (exact) mass is 312 g/mol. The Kier molecular flexibility index (Phi) is 4.46. The van der Waals surface area contributed by atoms with Crippen molar-refractivity contribution in [2.75, 3.05) is 18.4 Å². The zero-order chi connectivity index (χ0) is 16.2. The summed E-state index contributed by atoms with van der Waals surface area (Å²) >= 11 is 0. The van der Waals surface area contributed by atoms with Crippen LogP contribution in [0.2, 0.25) is 0 Å². The van der Waals surface area contributed by atoms with Crippen molar-refractivity contribution in [3.05, 3.63) is 54.0 Å². The number of nitrogens with zero attached hydrogens (tertiary/aromatic N) is 1. The van der Waals surface area contributed by atoms with Crippen LogP contribution in [0.1, 0.15) is 29.0 Å². The Morgan fingerprint density at radius 2 is 2.00 bits per heavy atom. The predicted molar refractivity (Wildman–Crippen MR) is 87.1 cm³/mol. The third-order valence-electron chi connectivity index (χ3n) is 4.21. The average Bonchev–Trinajstić information content (AvgIpc) is 3.01. The van der Waals surface area contributed by atoms with E-state index in [4.69, 9.17) is 4.42 Å². The van der Waals surface area contributed by atoms with Crippen molar-refractivity contribution in [1.29, 1.82) is 0 Å². The van der Waals surface area contributed by atoms with Crippen LogP contribution in [0.5, 0.6) is 0 Å². The molecule has 5 nitrogen and oxygen atoms in total. The summed E-state index contributed by atoms with van der Waals surface area (Å²) in [5.74, 6) is 0.344. The van der Waals surface area contributed by atoms with E-state index in [0.29, 0.717) is 24.4 Å². The lowest BCUT2D eigenvalue weighted by Gasteiger charge is -2.32. The molecule has 0 saturated carbocycles. The first-order chi connectivity index (χ1) is 11.1. The maximum absolute atomic E-state index is 12.5. The highest BCUT2D eigenvalue weighted by Crippen LogP contribution is 2.21. The van der Waals surface area contributed by atoms with E-state index >= 15 is 0 Å². The summed E-state index contributed by atoms with van der Waals surface area (Å²) in [5.41, 5.74) is 1.36. The van der Waals surface area contributed by atoms with Crippen molar-refractivity contribution < 1.29 is 14.0 Å². The van der Waals surface area contributed by atoms with Crippen molar-refractivity contribution in [3.63, 3.8) is 0 Å². The fraction of sp³-hybridized carbons (Fsp3) is 0.333. The van der Waals surface area contributed by atoms with Gasteiger partial charge in [-0.3, -0.25) is 9.59 Å². The Bertz CT molecular complexity index is 693. The van der Waals surface area contributed by atoms with Crippen LogP contribution in [0.4, 0.5) is 5.69 Å². The highest BCUT2D eigenvalue weighted by Gasteiger charge is 2.29. The van der Waals surface area contributed by atoms with Gasteiger partial charge in [0.1, 0.15) is 5.76 Å². The maximum Gasteiger partial charge on any atom is 0.257 e. The van der Waals surface area contributed by atoms with Crippen molar-refractivity contribution in [2.45, 2.75) is 19.8 Å². The molecule has 0 aliphatic carbocycles. The molecule has 1 fully saturated rings. The molecule has 0 bridgehead atoms. The number of benzene rings is 1. The number of amides is 2. The molecule has 1 aromatic carbocycles. The van der Waals surface area contributed by atoms with Gasteiger partial charge in [0.05, 0.1) is 17.7 Å². The van der Waals surface area contributed by atoms with E-state index in [9.17, 15) is 9.59 Å². The number of hydrogen-bond acceptors (Lipinski definition) is 3. The number of nitrogens with one attached hydrogen (secondary N) is 1. The van der Waals surface area contributed by atoms with Crippen LogP contribution in [0.3, 0.4) is 0 Å². The first-order valence-corrected chi connectivity index (χ1v) is 7.84. The smallest absolute Gasteiger partial charge is 0.257 e. The maximum atomic E-state index is 12.5. The number of piperidine rings is 1. The number of para-hydroxylation sites is 1. The molecule has 0 radical (unpaired) electrons. The normalized spacial score (nSPS) is 17.8. The van der Waals surface area contributed by atoms with Crippen molar-refractivity contribution in [1.82, 2.24) is 4.90 Å². The van der Waals surface area contributed by atoms with Crippen LogP contribution in [-0.4, -0.2) is 29.8 Å². The second-order valence-corrected chi connectivity index (χ2v) is 5.84. The van der Waals surface area contributed by atoms with E-state index in [1.54, 1.807) is 17.9 Å². The summed E-state index contributed by atoms with van der Waals surface area (Å²) in [6.07, 6.45) is 3.15. The molecular formula is C18H20N2O3. The molecule has 5 heteroatoms. The number of aryl methyl sites for hydroxylation is 1. The lowest BCUT2D eigenvalue weighted by molar-refractivity contribution is -0.121. The molecule has 0 spiro atoms. The van der Waals surface area contributed by atoms with Gasteiger partial charge in [0.15, 0.2) is 0 Å². The van der Waals surface area contributed by atoms with Crippen LogP contribution >= 0.6 is 0 Å². The van der Waals surface area contributed by atoms with Crippen LogP contribution in [0.15, 0.2) is 47.1 Å². The van der Waals surface area contributed by atoms with Crippen LogP contribution in [-0.2, 0) is 4.79 Å². The largest absolute Gasteiger partial charge is 0.469 e. The molecule has 1 saturated heterocycles. The molecule has 3 rings (SSSR count). The quantitative estimate of drug-likeness (QED) is 0.947. The Hall–Kier alpha value is -2.56. The number of furan rings is 1. The molecule has 1 unspecified atom stereocenters. The van der Waals surface area contributed by atoms with Gasteiger partial charge in [0.25, 0.3) is 5.91 Å². The number of hydrogen-bond donors (Lipinski definition) is 1. The second-order valence-electron chi connectivity index (χ2n) is 5.84. The minimum Gasteiger partial charge on any atom is -0.469 e. The SMILES string of the molecule is Cc1occc1C(=O)N1CCCC(C(=O)Nc2ccccc2)C1. The molecule has 2 amide bonds. The Morgan fingerprint density at radius 3 is 2.70 bits per heavy atom. The number of likely N-dealkylation sites (tertiary alicyclic amines) is 1. The summed E-state index contributed by atoms with van der Waals surface area (Å²) in [4.78, 5) is 26.7. The molecule has 1 aromatic heterocycles. The van der Waals surface area contributed by atoms with E-state index in [1.165, 1.54) is 6.26 Å². The summed E-state index contributed by atoms with van der Waals surface area (Å²) in [6, 6.07) is 11.1. The highest BCUT2D eigenvalue weighted by atomic mass is 16.3. The van der Waals surface area contributed by atoms with Gasteiger partial charge >= 0.3 is 0 Å². The Balaban J connectivity index is 1.65.